The highest BCUT2D eigenvalue weighted by Crippen LogP contribution is 2.42. The Morgan fingerprint density at radius 1 is 1.08 bits per heavy atom. The van der Waals surface area contributed by atoms with E-state index in [2.05, 4.69) is 9.88 Å². The maximum absolute atomic E-state index is 14.1. The molecule has 0 radical (unpaired) electrons. The van der Waals surface area contributed by atoms with Crippen molar-refractivity contribution in [2.45, 2.75) is 57.1 Å². The first-order chi connectivity index (χ1) is 12.0. The van der Waals surface area contributed by atoms with E-state index in [1.165, 1.54) is 6.07 Å². The number of likely N-dealkylation sites (tertiary alicyclic amines) is 1. The third kappa shape index (κ3) is 3.51. The van der Waals surface area contributed by atoms with Crippen LogP contribution in [0.15, 0.2) is 12.3 Å². The second-order valence-corrected chi connectivity index (χ2v) is 8.17. The third-order valence-corrected chi connectivity index (χ3v) is 6.44. The minimum Gasteiger partial charge on any atom is -0.393 e. The molecule has 2 saturated heterocycles. The summed E-state index contributed by atoms with van der Waals surface area (Å²) in [6.45, 7) is 3.66. The average molecular weight is 351 g/mol. The van der Waals surface area contributed by atoms with Crippen LogP contribution in [-0.4, -0.2) is 53.3 Å². The van der Waals surface area contributed by atoms with Crippen molar-refractivity contribution in [3.63, 3.8) is 0 Å². The molecule has 1 atom stereocenters. The van der Waals surface area contributed by atoms with Crippen molar-refractivity contribution in [1.29, 1.82) is 0 Å². The number of pyridine rings is 1. The van der Waals surface area contributed by atoms with Crippen molar-refractivity contribution in [2.24, 2.45) is 5.41 Å². The van der Waals surface area contributed by atoms with Crippen LogP contribution in [0.2, 0.25) is 0 Å². The van der Waals surface area contributed by atoms with E-state index in [1.54, 1.807) is 0 Å². The zero-order valence-corrected chi connectivity index (χ0v) is 14.6. The van der Waals surface area contributed by atoms with Gasteiger partial charge in [0.25, 0.3) is 0 Å². The summed E-state index contributed by atoms with van der Waals surface area (Å²) in [5.74, 6) is -1.06. The maximum atomic E-state index is 14.1. The molecular formula is C19H27F2N3O. The summed E-state index contributed by atoms with van der Waals surface area (Å²) in [5, 5.41) is 9.72. The van der Waals surface area contributed by atoms with Gasteiger partial charge in [0.05, 0.1) is 18.0 Å². The summed E-state index contributed by atoms with van der Waals surface area (Å²) < 4.78 is 27.6. The smallest absolute Gasteiger partial charge is 0.236 e. The first-order valence-electron chi connectivity index (χ1n) is 9.53. The van der Waals surface area contributed by atoms with Gasteiger partial charge in [0.2, 0.25) is 5.95 Å². The van der Waals surface area contributed by atoms with Gasteiger partial charge >= 0.3 is 0 Å². The summed E-state index contributed by atoms with van der Waals surface area (Å²) in [5.41, 5.74) is 0.478. The van der Waals surface area contributed by atoms with Crippen LogP contribution in [0, 0.1) is 17.2 Å². The number of anilines is 1. The Kier molecular flexibility index (Phi) is 4.67. The molecule has 3 fully saturated rings. The molecule has 0 unspecified atom stereocenters. The summed E-state index contributed by atoms with van der Waals surface area (Å²) in [4.78, 5) is 8.12. The van der Waals surface area contributed by atoms with Gasteiger partial charge in [-0.2, -0.15) is 4.39 Å². The fourth-order valence-electron chi connectivity index (χ4n) is 5.09. The van der Waals surface area contributed by atoms with Crippen molar-refractivity contribution in [3.8, 4) is 0 Å². The number of rotatable bonds is 2. The second-order valence-electron chi connectivity index (χ2n) is 8.17. The highest BCUT2D eigenvalue weighted by Gasteiger charge is 2.44. The predicted octanol–water partition coefficient (Wildman–Crippen LogP) is 2.96. The van der Waals surface area contributed by atoms with Gasteiger partial charge in [-0.1, -0.05) is 0 Å². The molecule has 4 rings (SSSR count). The molecule has 1 N–H and O–H groups in total. The highest BCUT2D eigenvalue weighted by atomic mass is 19.1. The van der Waals surface area contributed by atoms with Gasteiger partial charge in [0.15, 0.2) is 0 Å². The minimum absolute atomic E-state index is 0.124. The average Bonchev–Trinajstić information content (AvgIpc) is 3.01. The van der Waals surface area contributed by atoms with E-state index in [0.717, 1.165) is 77.3 Å². The molecule has 6 heteroatoms. The zero-order valence-electron chi connectivity index (χ0n) is 14.6. The van der Waals surface area contributed by atoms with Gasteiger partial charge in [0.1, 0.15) is 5.82 Å². The highest BCUT2D eigenvalue weighted by molar-refractivity contribution is 5.46. The number of hydrogen-bond acceptors (Lipinski definition) is 4. The van der Waals surface area contributed by atoms with Crippen LogP contribution in [0.3, 0.4) is 0 Å². The van der Waals surface area contributed by atoms with Crippen LogP contribution in [0.1, 0.15) is 44.9 Å². The Labute approximate surface area is 147 Å². The number of nitrogens with zero attached hydrogens (tertiary/aromatic N) is 3. The molecule has 25 heavy (non-hydrogen) atoms. The van der Waals surface area contributed by atoms with Crippen molar-refractivity contribution in [2.75, 3.05) is 31.1 Å². The van der Waals surface area contributed by atoms with Gasteiger partial charge < -0.3 is 10.0 Å². The first-order valence-corrected chi connectivity index (χ1v) is 9.53. The Morgan fingerprint density at radius 3 is 2.68 bits per heavy atom. The van der Waals surface area contributed by atoms with Crippen LogP contribution in [-0.2, 0) is 0 Å². The van der Waals surface area contributed by atoms with E-state index in [0.29, 0.717) is 11.7 Å². The number of aliphatic hydroxyl groups is 1. The standard InChI is InChI=1S/C19H27F2N3O/c20-14-10-17(18(21)22-11-14)24-8-1-6-19(13-24)7-9-23(12-19)15-2-4-16(25)5-3-15/h10-11,15-16,25H,1-9,12-13H2/t15-,16+,19-/m1/s1. The number of piperidine rings is 1. The van der Waals surface area contributed by atoms with Gasteiger partial charge in [-0.25, -0.2) is 9.37 Å². The lowest BCUT2D eigenvalue weighted by molar-refractivity contribution is 0.0770. The normalized spacial score (nSPS) is 34.0. The summed E-state index contributed by atoms with van der Waals surface area (Å²) in [7, 11) is 0. The van der Waals surface area contributed by atoms with Gasteiger partial charge in [0, 0.05) is 37.2 Å². The van der Waals surface area contributed by atoms with Gasteiger partial charge in [-0.05, 0) is 51.5 Å². The predicted molar refractivity (Wildman–Crippen MR) is 92.5 cm³/mol. The van der Waals surface area contributed by atoms with Crippen molar-refractivity contribution in [3.05, 3.63) is 24.0 Å². The van der Waals surface area contributed by atoms with E-state index in [9.17, 15) is 13.9 Å². The molecule has 138 valence electrons. The lowest BCUT2D eigenvalue weighted by Crippen LogP contribution is -2.46. The quantitative estimate of drug-likeness (QED) is 0.832. The Bertz CT molecular complexity index is 621. The van der Waals surface area contributed by atoms with Crippen LogP contribution >= 0.6 is 0 Å². The number of halogens is 2. The summed E-state index contributed by atoms with van der Waals surface area (Å²) >= 11 is 0. The summed E-state index contributed by atoms with van der Waals surface area (Å²) in [6.07, 6.45) is 8.04. The maximum Gasteiger partial charge on any atom is 0.236 e. The van der Waals surface area contributed by atoms with E-state index >= 15 is 0 Å². The second kappa shape index (κ2) is 6.80. The largest absolute Gasteiger partial charge is 0.393 e. The number of hydrogen-bond donors (Lipinski definition) is 1. The summed E-state index contributed by atoms with van der Waals surface area (Å²) in [6, 6.07) is 1.85. The third-order valence-electron chi connectivity index (χ3n) is 6.44. The van der Waals surface area contributed by atoms with E-state index in [1.807, 2.05) is 4.90 Å². The van der Waals surface area contributed by atoms with E-state index in [-0.39, 0.29) is 11.5 Å². The molecule has 2 aliphatic heterocycles. The molecule has 0 amide bonds. The Balaban J connectivity index is 1.45. The van der Waals surface area contributed by atoms with Crippen molar-refractivity contribution in [1.82, 2.24) is 9.88 Å². The Hall–Kier alpha value is -1.27. The van der Waals surface area contributed by atoms with Crippen LogP contribution < -0.4 is 4.90 Å². The van der Waals surface area contributed by atoms with E-state index in [4.69, 9.17) is 0 Å². The fraction of sp³-hybridized carbons (Fsp3) is 0.737. The van der Waals surface area contributed by atoms with Gasteiger partial charge in [-0.3, -0.25) is 4.90 Å². The first kappa shape index (κ1) is 17.2. The molecule has 0 aromatic carbocycles. The van der Waals surface area contributed by atoms with Gasteiger partial charge in [-0.15, -0.1) is 0 Å². The fourth-order valence-corrected chi connectivity index (χ4v) is 5.09. The SMILES string of the molecule is O[C@H]1CC[C@@H](N2CC[C@]3(CCCN(c4cc(F)cnc4F)C3)C2)CC1. The zero-order chi connectivity index (χ0) is 17.4. The lowest BCUT2D eigenvalue weighted by atomic mass is 9.79. The molecule has 1 aliphatic carbocycles. The minimum atomic E-state index is -0.574. The van der Waals surface area contributed by atoms with Crippen LogP contribution in [0.5, 0.6) is 0 Å². The topological polar surface area (TPSA) is 39.6 Å². The van der Waals surface area contributed by atoms with E-state index < -0.39 is 11.8 Å². The molecule has 3 aliphatic rings. The van der Waals surface area contributed by atoms with Crippen LogP contribution in [0.25, 0.3) is 0 Å². The molecule has 1 spiro atoms. The van der Waals surface area contributed by atoms with Crippen molar-refractivity contribution < 1.29 is 13.9 Å². The number of aromatic nitrogens is 1. The monoisotopic (exact) mass is 351 g/mol. The molecule has 1 saturated carbocycles. The van der Waals surface area contributed by atoms with Crippen molar-refractivity contribution >= 4 is 5.69 Å². The number of aliphatic hydroxyl groups excluding tert-OH is 1. The molecule has 0 bridgehead atoms. The lowest BCUT2D eigenvalue weighted by Gasteiger charge is -2.42. The molecule has 4 nitrogen and oxygen atoms in total. The molecule has 3 heterocycles. The molecule has 1 aromatic rings. The molecular weight excluding hydrogens is 324 g/mol. The Morgan fingerprint density at radius 2 is 1.88 bits per heavy atom. The molecule has 1 aromatic heterocycles. The van der Waals surface area contributed by atoms with Crippen LogP contribution in [0.4, 0.5) is 14.5 Å².